The van der Waals surface area contributed by atoms with E-state index in [1.807, 2.05) is 6.92 Å². The van der Waals surface area contributed by atoms with E-state index in [1.54, 1.807) is 13.0 Å². The van der Waals surface area contributed by atoms with Gasteiger partial charge >= 0.3 is 0 Å². The number of likely N-dealkylation sites (N-methyl/N-ethyl adjacent to an activating group) is 1. The van der Waals surface area contributed by atoms with Crippen molar-refractivity contribution in [1.29, 1.82) is 0 Å². The van der Waals surface area contributed by atoms with Gasteiger partial charge in [-0.05, 0) is 25.5 Å². The molecule has 2 amide bonds. The Hall–Kier alpha value is -1.84. The number of thiophene rings is 1. The zero-order valence-corrected chi connectivity index (χ0v) is 11.9. The summed E-state index contributed by atoms with van der Waals surface area (Å²) in [5.41, 5.74) is 0.878. The second-order valence-electron chi connectivity index (χ2n) is 3.89. The summed E-state index contributed by atoms with van der Waals surface area (Å²) in [5.74, 6) is 4.78. The van der Waals surface area contributed by atoms with Crippen molar-refractivity contribution in [3.8, 4) is 11.8 Å². The second kappa shape index (κ2) is 6.92. The van der Waals surface area contributed by atoms with Gasteiger partial charge in [-0.2, -0.15) is 0 Å². The SMILES string of the molecule is CNC(=O)C(C)NC(=O)c1cc(C)c(C#CCO)s1. The molecule has 6 heteroatoms. The van der Waals surface area contributed by atoms with E-state index < -0.39 is 6.04 Å². The van der Waals surface area contributed by atoms with E-state index in [2.05, 4.69) is 22.5 Å². The lowest BCUT2D eigenvalue weighted by Crippen LogP contribution is -2.43. The van der Waals surface area contributed by atoms with Crippen molar-refractivity contribution in [2.75, 3.05) is 13.7 Å². The lowest BCUT2D eigenvalue weighted by atomic mass is 10.2. The van der Waals surface area contributed by atoms with Crippen LogP contribution in [0.2, 0.25) is 0 Å². The molecule has 3 N–H and O–H groups in total. The average Bonchev–Trinajstić information content (AvgIpc) is 2.76. The number of carbonyl (C=O) groups is 2. The monoisotopic (exact) mass is 280 g/mol. The molecule has 1 heterocycles. The number of aliphatic hydroxyl groups excluding tert-OH is 1. The maximum Gasteiger partial charge on any atom is 0.262 e. The maximum absolute atomic E-state index is 11.9. The first-order valence-corrected chi connectivity index (χ1v) is 6.53. The van der Waals surface area contributed by atoms with Crippen molar-refractivity contribution in [3.05, 3.63) is 21.4 Å². The second-order valence-corrected chi connectivity index (χ2v) is 4.94. The third-order valence-corrected chi connectivity index (χ3v) is 3.56. The van der Waals surface area contributed by atoms with Crippen LogP contribution in [0, 0.1) is 18.8 Å². The van der Waals surface area contributed by atoms with Crippen LogP contribution in [0.5, 0.6) is 0 Å². The number of aliphatic hydroxyl groups is 1. The Morgan fingerprint density at radius 2 is 2.21 bits per heavy atom. The molecule has 0 saturated carbocycles. The maximum atomic E-state index is 11.9. The third kappa shape index (κ3) is 4.09. The average molecular weight is 280 g/mol. The summed E-state index contributed by atoms with van der Waals surface area (Å²) >= 11 is 1.24. The number of hydrogen-bond donors (Lipinski definition) is 3. The summed E-state index contributed by atoms with van der Waals surface area (Å²) in [5, 5.41) is 13.7. The molecule has 0 saturated heterocycles. The largest absolute Gasteiger partial charge is 0.384 e. The summed E-state index contributed by atoms with van der Waals surface area (Å²) in [6.07, 6.45) is 0. The van der Waals surface area contributed by atoms with Gasteiger partial charge in [-0.25, -0.2) is 0 Å². The van der Waals surface area contributed by atoms with Crippen LogP contribution in [0.4, 0.5) is 0 Å². The predicted molar refractivity (Wildman–Crippen MR) is 74.0 cm³/mol. The highest BCUT2D eigenvalue weighted by Crippen LogP contribution is 2.20. The van der Waals surface area contributed by atoms with Gasteiger partial charge in [-0.3, -0.25) is 9.59 Å². The van der Waals surface area contributed by atoms with Crippen LogP contribution in [0.25, 0.3) is 0 Å². The smallest absolute Gasteiger partial charge is 0.262 e. The minimum atomic E-state index is -0.591. The zero-order chi connectivity index (χ0) is 14.4. The fourth-order valence-electron chi connectivity index (χ4n) is 1.39. The number of carbonyl (C=O) groups excluding carboxylic acids is 2. The third-order valence-electron chi connectivity index (χ3n) is 2.41. The molecule has 1 rings (SSSR count). The van der Waals surface area contributed by atoms with Gasteiger partial charge in [-0.15, -0.1) is 11.3 Å². The molecule has 0 fully saturated rings. The van der Waals surface area contributed by atoms with Gasteiger partial charge in [0.25, 0.3) is 5.91 Å². The van der Waals surface area contributed by atoms with Gasteiger partial charge in [-0.1, -0.05) is 11.8 Å². The van der Waals surface area contributed by atoms with Gasteiger partial charge in [0.1, 0.15) is 12.6 Å². The lowest BCUT2D eigenvalue weighted by Gasteiger charge is -2.10. The Balaban J connectivity index is 2.81. The van der Waals surface area contributed by atoms with Crippen LogP contribution in [-0.4, -0.2) is 36.6 Å². The van der Waals surface area contributed by atoms with E-state index in [9.17, 15) is 9.59 Å². The summed E-state index contributed by atoms with van der Waals surface area (Å²) in [6.45, 7) is 3.24. The van der Waals surface area contributed by atoms with Gasteiger partial charge in [0.05, 0.1) is 9.75 Å². The fraction of sp³-hybridized carbons (Fsp3) is 0.385. The highest BCUT2D eigenvalue weighted by Gasteiger charge is 2.17. The molecule has 19 heavy (non-hydrogen) atoms. The number of rotatable bonds is 3. The summed E-state index contributed by atoms with van der Waals surface area (Å²) in [7, 11) is 1.52. The van der Waals surface area contributed by atoms with Gasteiger partial charge in [0, 0.05) is 7.05 Å². The van der Waals surface area contributed by atoms with Gasteiger partial charge in [0.15, 0.2) is 0 Å². The summed E-state index contributed by atoms with van der Waals surface area (Å²) in [6, 6.07) is 1.13. The standard InChI is InChI=1S/C13H16N2O3S/c1-8-7-11(19-10(8)5-4-6-16)13(18)15-9(2)12(17)14-3/h7,9,16H,6H2,1-3H3,(H,14,17)(H,15,18). The van der Waals surface area contributed by atoms with Crippen LogP contribution in [0.15, 0.2) is 6.07 Å². The number of hydrogen-bond acceptors (Lipinski definition) is 4. The Morgan fingerprint density at radius 1 is 1.53 bits per heavy atom. The summed E-state index contributed by atoms with van der Waals surface area (Å²) < 4.78 is 0. The quantitative estimate of drug-likeness (QED) is 0.695. The molecule has 102 valence electrons. The molecule has 1 atom stereocenters. The fourth-order valence-corrected chi connectivity index (χ4v) is 2.34. The molecule has 0 spiro atoms. The molecule has 1 unspecified atom stereocenters. The van der Waals surface area contributed by atoms with Crippen molar-refractivity contribution in [1.82, 2.24) is 10.6 Å². The minimum absolute atomic E-state index is 0.216. The molecule has 0 aliphatic rings. The molecule has 1 aromatic rings. The Bertz CT molecular complexity index is 540. The van der Waals surface area contributed by atoms with E-state index in [0.717, 1.165) is 10.4 Å². The van der Waals surface area contributed by atoms with E-state index in [4.69, 9.17) is 5.11 Å². The first-order valence-electron chi connectivity index (χ1n) is 5.72. The van der Waals surface area contributed by atoms with Crippen LogP contribution < -0.4 is 10.6 Å². The van der Waals surface area contributed by atoms with E-state index in [1.165, 1.54) is 18.4 Å². The minimum Gasteiger partial charge on any atom is -0.384 e. The lowest BCUT2D eigenvalue weighted by molar-refractivity contribution is -0.122. The Morgan fingerprint density at radius 3 is 2.79 bits per heavy atom. The molecule has 0 bridgehead atoms. The Kier molecular flexibility index (Phi) is 5.55. The van der Waals surface area contributed by atoms with Gasteiger partial charge < -0.3 is 15.7 Å². The topological polar surface area (TPSA) is 78.4 Å². The van der Waals surface area contributed by atoms with E-state index in [-0.39, 0.29) is 18.4 Å². The highest BCUT2D eigenvalue weighted by atomic mass is 32.1. The summed E-state index contributed by atoms with van der Waals surface area (Å²) in [4.78, 5) is 24.5. The predicted octanol–water partition coefficient (Wildman–Crippen LogP) is 0.265. The molecule has 1 aromatic heterocycles. The zero-order valence-electron chi connectivity index (χ0n) is 11.0. The van der Waals surface area contributed by atoms with Crippen molar-refractivity contribution in [3.63, 3.8) is 0 Å². The molecule has 0 radical (unpaired) electrons. The molecular weight excluding hydrogens is 264 g/mol. The van der Waals surface area contributed by atoms with Crippen LogP contribution in [0.3, 0.4) is 0 Å². The molecule has 5 nitrogen and oxygen atoms in total. The molecule has 0 aromatic carbocycles. The highest BCUT2D eigenvalue weighted by molar-refractivity contribution is 7.14. The first kappa shape index (κ1) is 15.2. The molecular formula is C13H16N2O3S. The normalized spacial score (nSPS) is 11.2. The first-order chi connectivity index (χ1) is 8.99. The molecule has 0 aliphatic heterocycles. The van der Waals surface area contributed by atoms with Crippen molar-refractivity contribution >= 4 is 23.2 Å². The van der Waals surface area contributed by atoms with Crippen LogP contribution in [0.1, 0.15) is 27.0 Å². The van der Waals surface area contributed by atoms with E-state index >= 15 is 0 Å². The van der Waals surface area contributed by atoms with E-state index in [0.29, 0.717) is 4.88 Å². The van der Waals surface area contributed by atoms with Crippen LogP contribution >= 0.6 is 11.3 Å². The number of nitrogens with one attached hydrogen (secondary N) is 2. The van der Waals surface area contributed by atoms with Gasteiger partial charge in [0.2, 0.25) is 5.91 Å². The van der Waals surface area contributed by atoms with Crippen molar-refractivity contribution in [2.24, 2.45) is 0 Å². The van der Waals surface area contributed by atoms with Crippen LogP contribution in [-0.2, 0) is 4.79 Å². The Labute approximate surface area is 116 Å². The molecule has 0 aliphatic carbocycles. The number of amides is 2. The number of aryl methyl sites for hydroxylation is 1. The van der Waals surface area contributed by atoms with Crippen molar-refractivity contribution in [2.45, 2.75) is 19.9 Å². The van der Waals surface area contributed by atoms with Crippen molar-refractivity contribution < 1.29 is 14.7 Å².